The van der Waals surface area contributed by atoms with Crippen molar-refractivity contribution < 1.29 is 4.39 Å². The zero-order chi connectivity index (χ0) is 15.8. The first kappa shape index (κ1) is 14.4. The molecular weight excluding hydrogens is 359 g/mol. The SMILES string of the molecule is Fc1ccc([C@H]2C[C@@H](c3ccc(Br)cc3)Nc3ncnn32)cc1. The number of rotatable bonds is 2. The molecule has 1 aliphatic rings. The molecule has 0 amide bonds. The Morgan fingerprint density at radius 1 is 1.04 bits per heavy atom. The molecule has 2 aromatic carbocycles. The lowest BCUT2D eigenvalue weighted by atomic mass is 9.93. The summed E-state index contributed by atoms with van der Waals surface area (Å²) in [5.74, 6) is 0.504. The molecule has 0 unspecified atom stereocenters. The predicted octanol–water partition coefficient (Wildman–Crippen LogP) is 4.33. The van der Waals surface area contributed by atoms with E-state index in [0.29, 0.717) is 0 Å². The Hall–Kier alpha value is -2.21. The second-order valence-electron chi connectivity index (χ2n) is 5.58. The van der Waals surface area contributed by atoms with Gasteiger partial charge in [0.1, 0.15) is 12.1 Å². The number of fused-ring (bicyclic) bond motifs is 1. The lowest BCUT2D eigenvalue weighted by Crippen LogP contribution is -2.28. The van der Waals surface area contributed by atoms with E-state index >= 15 is 0 Å². The van der Waals surface area contributed by atoms with Crippen molar-refractivity contribution in [2.75, 3.05) is 5.32 Å². The van der Waals surface area contributed by atoms with E-state index in [1.807, 2.05) is 28.9 Å². The number of aromatic nitrogens is 3. The van der Waals surface area contributed by atoms with Gasteiger partial charge in [0.2, 0.25) is 5.95 Å². The number of hydrogen-bond donors (Lipinski definition) is 1. The highest BCUT2D eigenvalue weighted by Gasteiger charge is 2.29. The van der Waals surface area contributed by atoms with Gasteiger partial charge in [0, 0.05) is 4.47 Å². The predicted molar refractivity (Wildman–Crippen MR) is 89.7 cm³/mol. The topological polar surface area (TPSA) is 42.7 Å². The van der Waals surface area contributed by atoms with E-state index < -0.39 is 0 Å². The van der Waals surface area contributed by atoms with E-state index in [9.17, 15) is 4.39 Å². The van der Waals surface area contributed by atoms with Crippen LogP contribution < -0.4 is 5.32 Å². The van der Waals surface area contributed by atoms with Crippen LogP contribution in [0.1, 0.15) is 29.6 Å². The first-order valence-electron chi connectivity index (χ1n) is 7.38. The first-order valence-corrected chi connectivity index (χ1v) is 8.17. The third-order valence-corrected chi connectivity index (χ3v) is 4.69. The van der Waals surface area contributed by atoms with Crippen molar-refractivity contribution >= 4 is 21.9 Å². The van der Waals surface area contributed by atoms with Crippen LogP contribution in [0.15, 0.2) is 59.3 Å². The van der Waals surface area contributed by atoms with Gasteiger partial charge in [-0.05, 0) is 41.8 Å². The summed E-state index contributed by atoms with van der Waals surface area (Å²) in [5, 5.41) is 7.74. The number of halogens is 2. The van der Waals surface area contributed by atoms with Gasteiger partial charge in [-0.15, -0.1) is 0 Å². The third kappa shape index (κ3) is 2.74. The second kappa shape index (κ2) is 5.77. The molecule has 4 nitrogen and oxygen atoms in total. The summed E-state index contributed by atoms with van der Waals surface area (Å²) in [4.78, 5) is 4.30. The zero-order valence-corrected chi connectivity index (χ0v) is 13.7. The highest BCUT2D eigenvalue weighted by atomic mass is 79.9. The van der Waals surface area contributed by atoms with Crippen LogP contribution in [0.2, 0.25) is 0 Å². The molecule has 1 N–H and O–H groups in total. The van der Waals surface area contributed by atoms with Gasteiger partial charge in [-0.1, -0.05) is 40.2 Å². The molecule has 0 saturated carbocycles. The van der Waals surface area contributed by atoms with Crippen molar-refractivity contribution in [2.24, 2.45) is 0 Å². The van der Waals surface area contributed by atoms with Gasteiger partial charge >= 0.3 is 0 Å². The van der Waals surface area contributed by atoms with Crippen molar-refractivity contribution in [1.82, 2.24) is 14.8 Å². The number of hydrogen-bond acceptors (Lipinski definition) is 3. The van der Waals surface area contributed by atoms with E-state index in [2.05, 4.69) is 43.5 Å². The molecule has 0 radical (unpaired) electrons. The molecule has 0 saturated heterocycles. The van der Waals surface area contributed by atoms with Crippen molar-refractivity contribution in [3.05, 3.63) is 76.3 Å². The van der Waals surface area contributed by atoms with Crippen LogP contribution in [0, 0.1) is 5.82 Å². The molecular formula is C17H14BrFN4. The minimum Gasteiger partial charge on any atom is -0.348 e. The highest BCUT2D eigenvalue weighted by Crippen LogP contribution is 2.37. The summed E-state index contributed by atoms with van der Waals surface area (Å²) in [5.41, 5.74) is 2.22. The average molecular weight is 373 g/mol. The van der Waals surface area contributed by atoms with Gasteiger partial charge in [0.25, 0.3) is 0 Å². The maximum absolute atomic E-state index is 13.2. The fraction of sp³-hybridized carbons (Fsp3) is 0.176. The van der Waals surface area contributed by atoms with Crippen molar-refractivity contribution in [3.63, 3.8) is 0 Å². The van der Waals surface area contributed by atoms with Gasteiger partial charge in [-0.3, -0.25) is 0 Å². The van der Waals surface area contributed by atoms with Crippen molar-refractivity contribution in [2.45, 2.75) is 18.5 Å². The molecule has 2 atom stereocenters. The Bertz CT molecular complexity index is 813. The highest BCUT2D eigenvalue weighted by molar-refractivity contribution is 9.10. The van der Waals surface area contributed by atoms with E-state index in [4.69, 9.17) is 0 Å². The molecule has 3 aromatic rings. The van der Waals surface area contributed by atoms with E-state index in [-0.39, 0.29) is 17.9 Å². The normalized spacial score (nSPS) is 19.9. The van der Waals surface area contributed by atoms with Crippen molar-refractivity contribution in [1.29, 1.82) is 0 Å². The molecule has 1 aromatic heterocycles. The lowest BCUT2D eigenvalue weighted by molar-refractivity contribution is 0.430. The van der Waals surface area contributed by atoms with Crippen LogP contribution >= 0.6 is 15.9 Å². The van der Waals surface area contributed by atoms with Crippen molar-refractivity contribution in [3.8, 4) is 0 Å². The summed E-state index contributed by atoms with van der Waals surface area (Å²) in [6.07, 6.45) is 2.37. The Balaban J connectivity index is 1.71. The fourth-order valence-corrected chi connectivity index (χ4v) is 3.26. The Kier molecular flexibility index (Phi) is 3.61. The first-order chi connectivity index (χ1) is 11.2. The largest absolute Gasteiger partial charge is 0.348 e. The standard InChI is InChI=1S/C17H14BrFN4/c18-13-5-1-11(2-6-13)15-9-16(12-3-7-14(19)8-4-12)23-17(22-15)20-10-21-23/h1-8,10,15-16H,9H2,(H,20,21,22)/t15-,16+/m0/s1. The van der Waals surface area contributed by atoms with Gasteiger partial charge < -0.3 is 5.32 Å². The fourth-order valence-electron chi connectivity index (χ4n) is 3.00. The van der Waals surface area contributed by atoms with Gasteiger partial charge in [0.15, 0.2) is 0 Å². The monoisotopic (exact) mass is 372 g/mol. The molecule has 6 heteroatoms. The minimum atomic E-state index is -0.231. The van der Waals surface area contributed by atoms with E-state index in [0.717, 1.165) is 22.4 Å². The molecule has 2 heterocycles. The van der Waals surface area contributed by atoms with E-state index in [1.54, 1.807) is 6.33 Å². The summed E-state index contributed by atoms with van der Waals surface area (Å²) in [6, 6.07) is 15.0. The molecule has 116 valence electrons. The maximum atomic E-state index is 13.2. The summed E-state index contributed by atoms with van der Waals surface area (Å²) < 4.78 is 16.1. The Morgan fingerprint density at radius 3 is 2.48 bits per heavy atom. The Morgan fingerprint density at radius 2 is 1.74 bits per heavy atom. The summed E-state index contributed by atoms with van der Waals surface area (Å²) >= 11 is 3.46. The van der Waals surface area contributed by atoms with Crippen LogP contribution in [-0.2, 0) is 0 Å². The molecule has 0 bridgehead atoms. The molecule has 0 spiro atoms. The van der Waals surface area contributed by atoms with Crippen LogP contribution in [-0.4, -0.2) is 14.8 Å². The lowest BCUT2D eigenvalue weighted by Gasteiger charge is -2.31. The molecule has 1 aliphatic heterocycles. The average Bonchev–Trinajstić information content (AvgIpc) is 3.04. The molecule has 23 heavy (non-hydrogen) atoms. The van der Waals surface area contributed by atoms with Gasteiger partial charge in [-0.2, -0.15) is 10.1 Å². The smallest absolute Gasteiger partial charge is 0.222 e. The quantitative estimate of drug-likeness (QED) is 0.727. The molecule has 0 aliphatic carbocycles. The zero-order valence-electron chi connectivity index (χ0n) is 12.2. The summed E-state index contributed by atoms with van der Waals surface area (Å²) in [6.45, 7) is 0. The number of anilines is 1. The third-order valence-electron chi connectivity index (χ3n) is 4.16. The Labute approximate surface area is 141 Å². The number of benzene rings is 2. The number of nitrogens with zero attached hydrogens (tertiary/aromatic N) is 3. The van der Waals surface area contributed by atoms with Crippen LogP contribution in [0.5, 0.6) is 0 Å². The van der Waals surface area contributed by atoms with Crippen LogP contribution in [0.25, 0.3) is 0 Å². The minimum absolute atomic E-state index is 0.0306. The number of nitrogens with one attached hydrogen (secondary N) is 1. The van der Waals surface area contributed by atoms with E-state index in [1.165, 1.54) is 17.7 Å². The van der Waals surface area contributed by atoms with Crippen LogP contribution in [0.4, 0.5) is 10.3 Å². The maximum Gasteiger partial charge on any atom is 0.222 e. The van der Waals surface area contributed by atoms with Crippen LogP contribution in [0.3, 0.4) is 0 Å². The summed E-state index contributed by atoms with van der Waals surface area (Å²) in [7, 11) is 0. The molecule has 0 fully saturated rings. The van der Waals surface area contributed by atoms with Gasteiger partial charge in [-0.25, -0.2) is 9.07 Å². The van der Waals surface area contributed by atoms with Gasteiger partial charge in [0.05, 0.1) is 12.1 Å². The molecule has 4 rings (SSSR count). The second-order valence-corrected chi connectivity index (χ2v) is 6.50.